The Morgan fingerprint density at radius 3 is 1.09 bits per heavy atom. The number of hydrogen-bond acceptors (Lipinski definition) is 6. The van der Waals surface area contributed by atoms with E-state index in [-0.39, 0.29) is 7.43 Å². The molecule has 0 aliphatic rings. The summed E-state index contributed by atoms with van der Waals surface area (Å²) in [4.78, 5) is 0. The maximum atomic E-state index is 9.24. The summed E-state index contributed by atoms with van der Waals surface area (Å²) in [5.41, 5.74) is 9.30. The first-order chi connectivity index (χ1) is 27.5. The lowest BCUT2D eigenvalue weighted by molar-refractivity contribution is 0.425. The van der Waals surface area contributed by atoms with E-state index in [1.165, 1.54) is 5.39 Å². The van der Waals surface area contributed by atoms with Gasteiger partial charge in [-0.3, -0.25) is 0 Å². The number of hydrogen-bond donors (Lipinski definition) is 2. The second kappa shape index (κ2) is 14.8. The Morgan fingerprint density at radius 2 is 0.649 bits per heavy atom. The molecule has 4 heterocycles. The van der Waals surface area contributed by atoms with Gasteiger partial charge in [-0.05, 0) is 46.3 Å². The minimum absolute atomic E-state index is 0. The van der Waals surface area contributed by atoms with Gasteiger partial charge in [-0.2, -0.15) is 0 Å². The van der Waals surface area contributed by atoms with Gasteiger partial charge >= 0.3 is 7.12 Å². The molecule has 2 N–H and O–H groups in total. The summed E-state index contributed by atoms with van der Waals surface area (Å²) in [5, 5.41) is 27.2. The lowest BCUT2D eigenvalue weighted by Gasteiger charge is -2.03. The summed E-state index contributed by atoms with van der Waals surface area (Å²) in [6, 6.07) is 56.1. The van der Waals surface area contributed by atoms with Crippen molar-refractivity contribution in [3.8, 4) is 11.1 Å². The molecule has 12 rings (SSSR count). The number of benzene rings is 8. The molecule has 8 heteroatoms. The van der Waals surface area contributed by atoms with Crippen molar-refractivity contribution in [2.24, 2.45) is 0 Å². The van der Waals surface area contributed by atoms with E-state index in [0.717, 1.165) is 92.4 Å². The van der Waals surface area contributed by atoms with E-state index in [1.807, 2.05) is 97.1 Å². The summed E-state index contributed by atoms with van der Waals surface area (Å²) in [6.07, 6.45) is 0. The third kappa shape index (κ3) is 6.24. The lowest BCUT2D eigenvalue weighted by Crippen LogP contribution is -2.29. The Labute approximate surface area is 335 Å². The van der Waals surface area contributed by atoms with Crippen LogP contribution in [-0.2, 0) is 0 Å². The maximum Gasteiger partial charge on any atom is 0.492 e. The van der Waals surface area contributed by atoms with Crippen molar-refractivity contribution in [2.45, 2.75) is 0 Å². The van der Waals surface area contributed by atoms with E-state index in [2.05, 4.69) is 76.6 Å². The van der Waals surface area contributed by atoms with Crippen LogP contribution in [0.2, 0.25) is 0 Å². The summed E-state index contributed by atoms with van der Waals surface area (Å²) < 4.78 is 24.8. The maximum absolute atomic E-state index is 9.24. The van der Waals surface area contributed by atoms with Gasteiger partial charge in [-0.1, -0.05) is 140 Å². The molecule has 57 heavy (non-hydrogen) atoms. The highest BCUT2D eigenvalue weighted by Gasteiger charge is 2.19. The molecule has 0 amide bonds. The molecule has 0 saturated carbocycles. The molecule has 12 aromatic rings. The first kappa shape index (κ1) is 36.1. The van der Waals surface area contributed by atoms with E-state index in [9.17, 15) is 10.0 Å². The largest absolute Gasteiger partial charge is 0.492 e. The predicted molar refractivity (Wildman–Crippen MR) is 238 cm³/mol. The van der Waals surface area contributed by atoms with Gasteiger partial charge in [-0.25, -0.2) is 0 Å². The zero-order valence-corrected chi connectivity index (χ0v) is 32.2. The van der Waals surface area contributed by atoms with Crippen molar-refractivity contribution in [1.29, 1.82) is 0 Å². The molecular formula is C49H33BBrO6-. The van der Waals surface area contributed by atoms with Crippen LogP contribution in [0.3, 0.4) is 0 Å². The van der Waals surface area contributed by atoms with Crippen molar-refractivity contribution >= 4 is 116 Å². The van der Waals surface area contributed by atoms with Crippen LogP contribution in [0.5, 0.6) is 0 Å². The number of halogens is 1. The van der Waals surface area contributed by atoms with E-state index in [1.54, 1.807) is 12.1 Å². The molecule has 0 aliphatic carbocycles. The highest BCUT2D eigenvalue weighted by atomic mass is 79.9. The van der Waals surface area contributed by atoms with Crippen LogP contribution < -0.4 is 5.46 Å². The quantitative estimate of drug-likeness (QED) is 0.133. The second-order valence-corrected chi connectivity index (χ2v) is 14.3. The van der Waals surface area contributed by atoms with Crippen LogP contribution in [0.15, 0.2) is 192 Å². The smallest absolute Gasteiger partial charge is 0.456 e. The minimum Gasteiger partial charge on any atom is -0.456 e. The monoisotopic (exact) mass is 807 g/mol. The van der Waals surface area contributed by atoms with Gasteiger partial charge in [-0.15, -0.1) is 0 Å². The highest BCUT2D eigenvalue weighted by molar-refractivity contribution is 9.10. The Balaban J connectivity index is 0.000000118. The van der Waals surface area contributed by atoms with Gasteiger partial charge in [0.15, 0.2) is 0 Å². The van der Waals surface area contributed by atoms with Crippen LogP contribution in [0.25, 0.3) is 98.9 Å². The molecule has 0 saturated heterocycles. The third-order valence-electron chi connectivity index (χ3n) is 10.2. The molecule has 0 bridgehead atoms. The molecule has 6 nitrogen and oxygen atoms in total. The number of fused-ring (bicyclic) bond motifs is 12. The zero-order chi connectivity index (χ0) is 37.8. The summed E-state index contributed by atoms with van der Waals surface area (Å²) in [6.45, 7) is 0. The fourth-order valence-corrected chi connectivity index (χ4v) is 8.05. The van der Waals surface area contributed by atoms with E-state index < -0.39 is 7.12 Å². The Bertz CT molecular complexity index is 3280. The standard InChI is InChI=1S/C24H14O2.C12H9BO3.C12H7BrO.CH3/c1-3-13-21-15(7-1)17-9-5-11-19(23(17)25-21)20-12-6-10-18-16-8-2-4-14-22(16)26-24(18)20;14-13(15)10-6-3-5-9-8-4-1-2-7-11(8)16-12(9)10;13-10-6-3-5-9-8-4-1-2-7-11(8)14-12(9)10;/h1-14H;1-7,14-15H;1-7H;1H3/q;;;-1. The minimum atomic E-state index is -1.51. The normalized spacial score (nSPS) is 11.3. The second-order valence-electron chi connectivity index (χ2n) is 13.5. The molecule has 0 radical (unpaired) electrons. The van der Waals surface area contributed by atoms with Gasteiger partial charge in [0.05, 0.1) is 4.47 Å². The Morgan fingerprint density at radius 1 is 0.333 bits per heavy atom. The van der Waals surface area contributed by atoms with Crippen LogP contribution >= 0.6 is 15.9 Å². The molecule has 0 aliphatic heterocycles. The lowest BCUT2D eigenvalue weighted by atomic mass is 9.79. The fourth-order valence-electron chi connectivity index (χ4n) is 7.60. The van der Waals surface area contributed by atoms with Gasteiger partial charge in [0.25, 0.3) is 0 Å². The van der Waals surface area contributed by atoms with E-state index in [4.69, 9.17) is 17.7 Å². The van der Waals surface area contributed by atoms with Gasteiger partial charge in [0, 0.05) is 59.7 Å². The van der Waals surface area contributed by atoms with Crippen LogP contribution in [0.1, 0.15) is 0 Å². The number of para-hydroxylation sites is 8. The highest BCUT2D eigenvalue weighted by Crippen LogP contribution is 2.41. The molecule has 0 atom stereocenters. The Hall–Kier alpha value is -6.58. The predicted octanol–water partition coefficient (Wildman–Crippen LogP) is 13.2. The van der Waals surface area contributed by atoms with Crippen molar-refractivity contribution in [3.05, 3.63) is 182 Å². The van der Waals surface area contributed by atoms with Crippen LogP contribution in [-0.4, -0.2) is 17.2 Å². The van der Waals surface area contributed by atoms with E-state index in [0.29, 0.717) is 11.0 Å². The zero-order valence-electron chi connectivity index (χ0n) is 30.6. The molecule has 0 spiro atoms. The van der Waals surface area contributed by atoms with Crippen LogP contribution in [0.4, 0.5) is 0 Å². The summed E-state index contributed by atoms with van der Waals surface area (Å²) in [5.74, 6) is 0. The molecule has 276 valence electrons. The van der Waals surface area contributed by atoms with Crippen molar-refractivity contribution in [1.82, 2.24) is 0 Å². The van der Waals surface area contributed by atoms with Gasteiger partial charge in [0.1, 0.15) is 44.7 Å². The molecule has 4 aromatic heterocycles. The summed E-state index contributed by atoms with van der Waals surface area (Å²) >= 11 is 3.48. The van der Waals surface area contributed by atoms with Crippen molar-refractivity contribution in [2.75, 3.05) is 0 Å². The Kier molecular flexibility index (Phi) is 9.38. The first-order valence-electron chi connectivity index (χ1n) is 18.2. The average molecular weight is 809 g/mol. The van der Waals surface area contributed by atoms with Crippen LogP contribution in [0, 0.1) is 7.43 Å². The third-order valence-corrected chi connectivity index (χ3v) is 10.8. The first-order valence-corrected chi connectivity index (χ1v) is 19.0. The molecule has 0 unspecified atom stereocenters. The fraction of sp³-hybridized carbons (Fsp3) is 0. The topological polar surface area (TPSA) is 93.0 Å². The van der Waals surface area contributed by atoms with E-state index >= 15 is 0 Å². The number of furan rings is 4. The van der Waals surface area contributed by atoms with Crippen molar-refractivity contribution < 1.29 is 27.7 Å². The summed E-state index contributed by atoms with van der Waals surface area (Å²) in [7, 11) is -1.51. The SMILES string of the molecule is Brc1cccc2c1oc1ccccc12.OB(O)c1cccc2c1oc1ccccc12.[CH3-].c1ccc2c(c1)oc1c(-c3cccc4c3oc3ccccc34)cccc12. The molecular weight excluding hydrogens is 775 g/mol. The molecule has 0 fully saturated rings. The molecule has 8 aromatic carbocycles. The van der Waals surface area contributed by atoms with Crippen molar-refractivity contribution in [3.63, 3.8) is 0 Å². The van der Waals surface area contributed by atoms with Gasteiger partial charge in [0.2, 0.25) is 0 Å². The average Bonchev–Trinajstić information content (AvgIpc) is 4.02. The van der Waals surface area contributed by atoms with Gasteiger partial charge < -0.3 is 35.1 Å². The number of rotatable bonds is 2.